The van der Waals surface area contributed by atoms with Gasteiger partial charge in [-0.05, 0) is 59.7 Å². The molecule has 0 unspecified atom stereocenters. The predicted octanol–water partition coefficient (Wildman–Crippen LogP) is 13.3. The molecule has 63 heavy (non-hydrogen) atoms. The molecule has 0 bridgehead atoms. The number of nitrogens with zero attached hydrogens (tertiary/aromatic N) is 7. The van der Waals surface area contributed by atoms with E-state index >= 15 is 0 Å². The maximum Gasteiger partial charge on any atom is 0.164 e. The van der Waals surface area contributed by atoms with Crippen LogP contribution in [0.1, 0.15) is 5.56 Å². The number of para-hydroxylation sites is 1. The first kappa shape index (κ1) is 37.2. The van der Waals surface area contributed by atoms with Gasteiger partial charge in [-0.2, -0.15) is 5.26 Å². The van der Waals surface area contributed by atoms with Gasteiger partial charge in [-0.1, -0.05) is 164 Å². The molecule has 0 N–H and O–H groups in total. The molecule has 0 saturated heterocycles. The van der Waals surface area contributed by atoms with Gasteiger partial charge in [0.2, 0.25) is 0 Å². The fourth-order valence-electron chi connectivity index (χ4n) is 8.25. The van der Waals surface area contributed by atoms with Crippen LogP contribution in [-0.4, -0.2) is 29.5 Å². The second-order valence-corrected chi connectivity index (χ2v) is 15.2. The third kappa shape index (κ3) is 7.08. The van der Waals surface area contributed by atoms with Gasteiger partial charge in [-0.25, -0.2) is 24.9 Å². The van der Waals surface area contributed by atoms with Gasteiger partial charge in [0.25, 0.3) is 0 Å². The number of fused-ring (bicyclic) bond motifs is 3. The molecule has 0 saturated carbocycles. The van der Waals surface area contributed by atoms with E-state index < -0.39 is 0 Å². The molecule has 11 aromatic rings. The molecule has 0 radical (unpaired) electrons. The molecule has 0 amide bonds. The molecular weight excluding hydrogens is 771 g/mol. The monoisotopic (exact) mass is 805 g/mol. The van der Waals surface area contributed by atoms with Crippen molar-refractivity contribution in [3.05, 3.63) is 218 Å². The van der Waals surface area contributed by atoms with E-state index in [4.69, 9.17) is 24.9 Å². The first-order chi connectivity index (χ1) is 31.2. The molecule has 0 fully saturated rings. The van der Waals surface area contributed by atoms with E-state index in [0.29, 0.717) is 28.9 Å². The van der Waals surface area contributed by atoms with Crippen molar-refractivity contribution in [1.82, 2.24) is 29.5 Å². The van der Waals surface area contributed by atoms with Crippen LogP contribution in [0.5, 0.6) is 0 Å². The minimum Gasteiger partial charge on any atom is -0.309 e. The van der Waals surface area contributed by atoms with Crippen molar-refractivity contribution in [2.45, 2.75) is 0 Å². The molecule has 294 valence electrons. The third-order valence-corrected chi connectivity index (χ3v) is 11.3. The van der Waals surface area contributed by atoms with Crippen LogP contribution < -0.4 is 0 Å². The summed E-state index contributed by atoms with van der Waals surface area (Å²) in [7, 11) is 0. The van der Waals surface area contributed by atoms with E-state index in [2.05, 4.69) is 95.6 Å². The van der Waals surface area contributed by atoms with Crippen LogP contribution in [0.15, 0.2) is 212 Å². The number of benzene rings is 8. The van der Waals surface area contributed by atoms with Crippen molar-refractivity contribution in [2.75, 3.05) is 0 Å². The second-order valence-electron chi connectivity index (χ2n) is 15.2. The Bertz CT molecular complexity index is 3390. The first-order valence-corrected chi connectivity index (χ1v) is 20.7. The molecule has 0 aliphatic carbocycles. The summed E-state index contributed by atoms with van der Waals surface area (Å²) in [5, 5.41) is 12.0. The number of nitriles is 1. The largest absolute Gasteiger partial charge is 0.309 e. The summed E-state index contributed by atoms with van der Waals surface area (Å²) in [5.74, 6) is 2.32. The fraction of sp³-hybridized carbons (Fsp3) is 0. The molecule has 0 spiro atoms. The van der Waals surface area contributed by atoms with Gasteiger partial charge in [0.15, 0.2) is 23.3 Å². The normalized spacial score (nSPS) is 11.2. The van der Waals surface area contributed by atoms with E-state index in [1.807, 2.05) is 127 Å². The van der Waals surface area contributed by atoms with Gasteiger partial charge in [0.05, 0.1) is 39.7 Å². The van der Waals surface area contributed by atoms with E-state index in [1.165, 1.54) is 0 Å². The number of hydrogen-bond acceptors (Lipinski definition) is 6. The van der Waals surface area contributed by atoms with Crippen LogP contribution in [0.3, 0.4) is 0 Å². The summed E-state index contributed by atoms with van der Waals surface area (Å²) >= 11 is 0. The quantitative estimate of drug-likeness (QED) is 0.152. The smallest absolute Gasteiger partial charge is 0.164 e. The number of rotatable bonds is 8. The van der Waals surface area contributed by atoms with Gasteiger partial charge < -0.3 is 4.57 Å². The second kappa shape index (κ2) is 16.0. The molecule has 7 heteroatoms. The fourth-order valence-corrected chi connectivity index (χ4v) is 8.25. The Balaban J connectivity index is 1.21. The minimum absolute atomic E-state index is 0.540. The maximum absolute atomic E-state index is 9.77. The van der Waals surface area contributed by atoms with Crippen LogP contribution in [0.2, 0.25) is 0 Å². The lowest BCUT2D eigenvalue weighted by atomic mass is 10.0. The highest BCUT2D eigenvalue weighted by Crippen LogP contribution is 2.40. The lowest BCUT2D eigenvalue weighted by Crippen LogP contribution is -2.03. The van der Waals surface area contributed by atoms with Gasteiger partial charge in [0.1, 0.15) is 0 Å². The Morgan fingerprint density at radius 3 is 1.46 bits per heavy atom. The van der Waals surface area contributed by atoms with Crippen molar-refractivity contribution in [3.8, 4) is 90.9 Å². The van der Waals surface area contributed by atoms with Gasteiger partial charge in [-0.15, -0.1) is 0 Å². The van der Waals surface area contributed by atoms with E-state index in [-0.39, 0.29) is 0 Å². The maximum atomic E-state index is 9.77. The van der Waals surface area contributed by atoms with E-state index in [9.17, 15) is 5.26 Å². The summed E-state index contributed by atoms with van der Waals surface area (Å²) < 4.78 is 2.33. The minimum atomic E-state index is 0.540. The zero-order chi connectivity index (χ0) is 42.1. The molecule has 0 aliphatic rings. The molecule has 0 aliphatic heterocycles. The summed E-state index contributed by atoms with van der Waals surface area (Å²) in [6, 6.07) is 74.0. The molecule has 11 rings (SSSR count). The average molecular weight is 806 g/mol. The highest BCUT2D eigenvalue weighted by atomic mass is 15.0. The van der Waals surface area contributed by atoms with Crippen LogP contribution in [0.4, 0.5) is 0 Å². The van der Waals surface area contributed by atoms with Crippen LogP contribution >= 0.6 is 0 Å². The zero-order valence-corrected chi connectivity index (χ0v) is 33.8. The van der Waals surface area contributed by atoms with E-state index in [1.54, 1.807) is 0 Å². The Labute approximate surface area is 364 Å². The third-order valence-electron chi connectivity index (χ3n) is 11.3. The Morgan fingerprint density at radius 2 is 0.825 bits per heavy atom. The van der Waals surface area contributed by atoms with Crippen LogP contribution in [0.25, 0.3) is 107 Å². The molecule has 8 aromatic carbocycles. The van der Waals surface area contributed by atoms with Crippen molar-refractivity contribution in [3.63, 3.8) is 0 Å². The highest BCUT2D eigenvalue weighted by molar-refractivity contribution is 6.11. The molecular formula is C56H35N7. The SMILES string of the molecule is N#Cc1cccc(-c2ccc3c4ccccc4n(-c4ccc(-c5nc(-c6ccccc6)nc(-c6ccccc6)n5)cc4-c4cc(-c5ccccc5)nc(-c5ccccc5)n4)c3c2)c1. The topological polar surface area (TPSA) is 93.2 Å². The summed E-state index contributed by atoms with van der Waals surface area (Å²) in [6.07, 6.45) is 0. The van der Waals surface area contributed by atoms with Crippen LogP contribution in [0, 0.1) is 11.3 Å². The number of hydrogen-bond donors (Lipinski definition) is 0. The zero-order valence-electron chi connectivity index (χ0n) is 33.8. The molecule has 0 atom stereocenters. The van der Waals surface area contributed by atoms with Gasteiger partial charge >= 0.3 is 0 Å². The van der Waals surface area contributed by atoms with Crippen molar-refractivity contribution >= 4 is 21.8 Å². The summed E-state index contributed by atoms with van der Waals surface area (Å²) in [6.45, 7) is 0. The van der Waals surface area contributed by atoms with Crippen molar-refractivity contribution in [1.29, 1.82) is 5.26 Å². The number of aromatic nitrogens is 6. The van der Waals surface area contributed by atoms with Gasteiger partial charge in [-0.3, -0.25) is 0 Å². The summed E-state index contributed by atoms with van der Waals surface area (Å²) in [4.78, 5) is 25.8. The Morgan fingerprint density at radius 1 is 0.333 bits per heavy atom. The highest BCUT2D eigenvalue weighted by Gasteiger charge is 2.21. The van der Waals surface area contributed by atoms with Crippen LogP contribution in [-0.2, 0) is 0 Å². The van der Waals surface area contributed by atoms with Crippen molar-refractivity contribution in [2.24, 2.45) is 0 Å². The lowest BCUT2D eigenvalue weighted by molar-refractivity contribution is 1.07. The molecule has 3 heterocycles. The standard InChI is InChI=1S/C56H35N7/c57-36-37-16-15-25-42(32-37)43-28-30-46-45-26-13-14-27-50(45)63(52(46)34-43)51-31-29-44(56-61-54(40-21-9-3-10-22-40)60-55(62-56)41-23-11-4-12-24-41)33-47(51)49-35-48(38-17-5-1-6-18-38)58-53(59-49)39-19-7-2-8-20-39/h1-35H. The van der Waals surface area contributed by atoms with Gasteiger partial charge in [0, 0.05) is 44.2 Å². The average Bonchev–Trinajstić information content (AvgIpc) is 3.70. The van der Waals surface area contributed by atoms with Crippen molar-refractivity contribution < 1.29 is 0 Å². The lowest BCUT2D eigenvalue weighted by Gasteiger charge is -2.17. The summed E-state index contributed by atoms with van der Waals surface area (Å²) in [5.41, 5.74) is 12.5. The van der Waals surface area contributed by atoms with E-state index in [0.717, 1.165) is 83.4 Å². The predicted molar refractivity (Wildman–Crippen MR) is 253 cm³/mol. The first-order valence-electron chi connectivity index (χ1n) is 20.7. The molecule has 3 aromatic heterocycles. The Kier molecular flexibility index (Phi) is 9.41. The Hall–Kier alpha value is -8.86. The molecule has 7 nitrogen and oxygen atoms in total.